The normalized spacial score (nSPS) is 21.4. The van der Waals surface area contributed by atoms with Gasteiger partial charge in [0.25, 0.3) is 5.24 Å². The number of amides is 1. The van der Waals surface area contributed by atoms with Crippen molar-refractivity contribution in [1.29, 1.82) is 0 Å². The maximum absolute atomic E-state index is 12.6. The molecule has 2 aliphatic heterocycles. The van der Waals surface area contributed by atoms with Gasteiger partial charge in [-0.15, -0.1) is 0 Å². The molecule has 0 fully saturated rings. The molecule has 2 atom stereocenters. The summed E-state index contributed by atoms with van der Waals surface area (Å²) in [5.74, 6) is 1.18. The molecule has 0 unspecified atom stereocenters. The molecule has 4 heteroatoms. The summed E-state index contributed by atoms with van der Waals surface area (Å²) in [7, 11) is 0. The maximum Gasteiger partial charge on any atom is 0.283 e. The highest BCUT2D eigenvalue weighted by Crippen LogP contribution is 2.52. The average Bonchev–Trinajstić information content (AvgIpc) is 2.86. The Morgan fingerprint density at radius 2 is 1.79 bits per heavy atom. The lowest BCUT2D eigenvalue weighted by Gasteiger charge is -2.47. The van der Waals surface area contributed by atoms with Crippen molar-refractivity contribution in [2.45, 2.75) is 44.4 Å². The maximum atomic E-state index is 12.6. The van der Waals surface area contributed by atoms with Crippen molar-refractivity contribution < 1.29 is 4.79 Å². The number of nitrogens with one attached hydrogen (secondary N) is 1. The molecule has 3 nitrogen and oxygen atoms in total. The minimum absolute atomic E-state index is 0.0325. The Bertz CT molecular complexity index is 1130. The molecule has 33 heavy (non-hydrogen) atoms. The Labute approximate surface area is 201 Å². The molecule has 3 aromatic carbocycles. The minimum Gasteiger partial charge on any atom is -0.371 e. The Morgan fingerprint density at radius 3 is 2.52 bits per heavy atom. The van der Waals surface area contributed by atoms with E-state index in [9.17, 15) is 4.79 Å². The highest BCUT2D eigenvalue weighted by molar-refractivity contribution is 8.13. The Balaban J connectivity index is 1.66. The van der Waals surface area contributed by atoms with Crippen molar-refractivity contribution in [3.05, 3.63) is 95.1 Å². The molecule has 5 rings (SSSR count). The topological polar surface area (TPSA) is 32.3 Å². The molecule has 0 saturated carbocycles. The molecule has 1 amide bonds. The first kappa shape index (κ1) is 22.1. The number of nitrogens with zero attached hydrogens (tertiary/aromatic N) is 1. The van der Waals surface area contributed by atoms with E-state index in [4.69, 9.17) is 0 Å². The van der Waals surface area contributed by atoms with Crippen molar-refractivity contribution in [2.75, 3.05) is 29.1 Å². The van der Waals surface area contributed by atoms with E-state index in [0.717, 1.165) is 43.8 Å². The Kier molecular flexibility index (Phi) is 6.20. The van der Waals surface area contributed by atoms with Crippen molar-refractivity contribution in [3.63, 3.8) is 0 Å². The SMILES string of the molecule is CCCSC(=O)Nc1cc2c3c(c1)[C@](C)(c1ccccc1)CCN3CC[C@H]2c1ccccc1. The van der Waals surface area contributed by atoms with E-state index in [2.05, 4.69) is 96.9 Å². The summed E-state index contributed by atoms with van der Waals surface area (Å²) in [4.78, 5) is 15.2. The zero-order valence-electron chi connectivity index (χ0n) is 19.5. The van der Waals surface area contributed by atoms with Gasteiger partial charge in [0.05, 0.1) is 0 Å². The van der Waals surface area contributed by atoms with Crippen LogP contribution >= 0.6 is 11.8 Å². The van der Waals surface area contributed by atoms with E-state index in [0.29, 0.717) is 5.92 Å². The van der Waals surface area contributed by atoms with Gasteiger partial charge in [0, 0.05) is 41.6 Å². The number of hydrogen-bond donors (Lipinski definition) is 1. The molecule has 0 bridgehead atoms. The van der Waals surface area contributed by atoms with Gasteiger partial charge in [0.15, 0.2) is 0 Å². The van der Waals surface area contributed by atoms with Crippen molar-refractivity contribution in [3.8, 4) is 0 Å². The summed E-state index contributed by atoms with van der Waals surface area (Å²) in [6.07, 6.45) is 3.16. The van der Waals surface area contributed by atoms with Crippen LogP contribution in [0.2, 0.25) is 0 Å². The molecule has 0 radical (unpaired) electrons. The smallest absolute Gasteiger partial charge is 0.283 e. The van der Waals surface area contributed by atoms with Crippen molar-refractivity contribution >= 4 is 28.4 Å². The molecule has 1 N–H and O–H groups in total. The van der Waals surface area contributed by atoms with E-state index >= 15 is 0 Å². The van der Waals surface area contributed by atoms with E-state index in [1.165, 1.54) is 39.7 Å². The third-order valence-corrected chi connectivity index (χ3v) is 8.27. The summed E-state index contributed by atoms with van der Waals surface area (Å²) in [6.45, 7) is 6.61. The summed E-state index contributed by atoms with van der Waals surface area (Å²) < 4.78 is 0. The number of anilines is 2. The number of rotatable bonds is 5. The van der Waals surface area contributed by atoms with E-state index in [1.807, 2.05) is 0 Å². The zero-order chi connectivity index (χ0) is 22.8. The molecular weight excluding hydrogens is 424 g/mol. The van der Waals surface area contributed by atoms with Crippen LogP contribution < -0.4 is 10.2 Å². The predicted octanol–water partition coefficient (Wildman–Crippen LogP) is 7.41. The lowest BCUT2D eigenvalue weighted by molar-refractivity contribution is 0.269. The fourth-order valence-electron chi connectivity index (χ4n) is 5.52. The highest BCUT2D eigenvalue weighted by atomic mass is 32.2. The second-order valence-electron chi connectivity index (χ2n) is 9.41. The average molecular weight is 457 g/mol. The lowest BCUT2D eigenvalue weighted by Crippen LogP contribution is -2.43. The van der Waals surface area contributed by atoms with Gasteiger partial charge in [-0.1, -0.05) is 86.3 Å². The number of hydrogen-bond acceptors (Lipinski definition) is 3. The van der Waals surface area contributed by atoms with Crippen LogP contribution in [-0.2, 0) is 5.41 Å². The molecule has 0 saturated heterocycles. The number of thioether (sulfide) groups is 1. The second kappa shape index (κ2) is 9.26. The van der Waals surface area contributed by atoms with Crippen LogP contribution in [-0.4, -0.2) is 24.1 Å². The molecular formula is C29H32N2OS. The first-order valence-corrected chi connectivity index (χ1v) is 13.1. The van der Waals surface area contributed by atoms with Crippen LogP contribution in [0.5, 0.6) is 0 Å². The number of carbonyl (C=O) groups excluding carboxylic acids is 1. The summed E-state index contributed by atoms with van der Waals surface area (Å²) >= 11 is 1.37. The number of carbonyl (C=O) groups is 1. The van der Waals surface area contributed by atoms with Gasteiger partial charge in [-0.25, -0.2) is 0 Å². The highest BCUT2D eigenvalue weighted by Gasteiger charge is 2.41. The Hall–Kier alpha value is -2.72. The first-order chi connectivity index (χ1) is 16.1. The first-order valence-electron chi connectivity index (χ1n) is 12.1. The van der Waals surface area contributed by atoms with E-state index in [-0.39, 0.29) is 10.7 Å². The van der Waals surface area contributed by atoms with Crippen LogP contribution in [0.3, 0.4) is 0 Å². The van der Waals surface area contributed by atoms with Gasteiger partial charge in [-0.3, -0.25) is 4.79 Å². The van der Waals surface area contributed by atoms with E-state index in [1.54, 1.807) is 0 Å². The molecule has 3 aromatic rings. The van der Waals surface area contributed by atoms with Gasteiger partial charge >= 0.3 is 0 Å². The largest absolute Gasteiger partial charge is 0.371 e. The van der Waals surface area contributed by atoms with Crippen LogP contribution in [0.15, 0.2) is 72.8 Å². The van der Waals surface area contributed by atoms with Crippen LogP contribution in [0.1, 0.15) is 61.3 Å². The van der Waals surface area contributed by atoms with Gasteiger partial charge < -0.3 is 10.2 Å². The molecule has 2 heterocycles. The fourth-order valence-corrected chi connectivity index (χ4v) is 6.10. The van der Waals surface area contributed by atoms with Crippen molar-refractivity contribution in [1.82, 2.24) is 0 Å². The van der Waals surface area contributed by atoms with Gasteiger partial charge in [0.2, 0.25) is 0 Å². The lowest BCUT2D eigenvalue weighted by atomic mass is 9.68. The van der Waals surface area contributed by atoms with Gasteiger partial charge in [-0.05, 0) is 53.6 Å². The van der Waals surface area contributed by atoms with Crippen LogP contribution in [0.4, 0.5) is 16.2 Å². The third kappa shape index (κ3) is 4.17. The quantitative estimate of drug-likeness (QED) is 0.434. The van der Waals surface area contributed by atoms with Gasteiger partial charge in [0.1, 0.15) is 0 Å². The summed E-state index contributed by atoms with van der Waals surface area (Å²) in [5.41, 5.74) is 7.61. The predicted molar refractivity (Wildman–Crippen MR) is 141 cm³/mol. The molecule has 170 valence electrons. The van der Waals surface area contributed by atoms with Crippen LogP contribution in [0.25, 0.3) is 0 Å². The minimum atomic E-state index is -0.0856. The van der Waals surface area contributed by atoms with Crippen LogP contribution in [0, 0.1) is 0 Å². The molecule has 2 aliphatic rings. The third-order valence-electron chi connectivity index (χ3n) is 7.29. The van der Waals surface area contributed by atoms with Crippen molar-refractivity contribution in [2.24, 2.45) is 0 Å². The summed E-state index contributed by atoms with van der Waals surface area (Å²) in [5, 5.41) is 3.24. The van der Waals surface area contributed by atoms with E-state index < -0.39 is 0 Å². The monoisotopic (exact) mass is 456 g/mol. The molecule has 0 spiro atoms. The fraction of sp³-hybridized carbons (Fsp3) is 0.345. The molecule has 0 aromatic heterocycles. The Morgan fingerprint density at radius 1 is 1.06 bits per heavy atom. The second-order valence-corrected chi connectivity index (χ2v) is 10.5. The van der Waals surface area contributed by atoms with Gasteiger partial charge in [-0.2, -0.15) is 0 Å². The standard InChI is InChI=1S/C29H32N2OS/c1-3-18-33-28(32)30-23-19-25-24(21-10-6-4-7-11-21)14-16-31-17-15-29(2,26(20-23)27(25)31)22-12-8-5-9-13-22/h4-13,19-20,24H,3,14-18H2,1-2H3,(H,30,32)/t24-,29-/m0/s1. The molecule has 0 aliphatic carbocycles. The number of benzene rings is 3. The zero-order valence-corrected chi connectivity index (χ0v) is 20.3. The summed E-state index contributed by atoms with van der Waals surface area (Å²) in [6, 6.07) is 26.2.